The van der Waals surface area contributed by atoms with E-state index in [9.17, 15) is 9.90 Å². The van der Waals surface area contributed by atoms with E-state index in [4.69, 9.17) is 9.47 Å². The highest BCUT2D eigenvalue weighted by Crippen LogP contribution is 2.41. The number of hydrogen-bond acceptors (Lipinski definition) is 4. The number of benzene rings is 1. The summed E-state index contributed by atoms with van der Waals surface area (Å²) in [5.74, 6) is 0.436. The molecule has 1 unspecified atom stereocenters. The van der Waals surface area contributed by atoms with Crippen molar-refractivity contribution in [3.05, 3.63) is 23.8 Å². The summed E-state index contributed by atoms with van der Waals surface area (Å²) in [5.41, 5.74) is -0.130. The summed E-state index contributed by atoms with van der Waals surface area (Å²) in [6, 6.07) is 4.85. The summed E-state index contributed by atoms with van der Waals surface area (Å²) < 4.78 is 10.6. The number of ether oxygens (including phenoxy) is 2. The fourth-order valence-corrected chi connectivity index (χ4v) is 2.16. The zero-order valence-electron chi connectivity index (χ0n) is 10.2. The summed E-state index contributed by atoms with van der Waals surface area (Å²) in [5, 5.41) is 9.43. The number of phenols is 1. The molecule has 4 nitrogen and oxygen atoms in total. The van der Waals surface area contributed by atoms with Crippen molar-refractivity contribution in [2.75, 3.05) is 7.11 Å². The van der Waals surface area contributed by atoms with Crippen LogP contribution >= 0.6 is 0 Å². The van der Waals surface area contributed by atoms with Crippen molar-refractivity contribution in [3.63, 3.8) is 0 Å². The normalized spacial score (nSPS) is 22.1. The Morgan fingerprint density at radius 1 is 1.53 bits per heavy atom. The van der Waals surface area contributed by atoms with Gasteiger partial charge in [-0.1, -0.05) is 13.8 Å². The molecule has 17 heavy (non-hydrogen) atoms. The van der Waals surface area contributed by atoms with Crippen molar-refractivity contribution >= 4 is 5.97 Å². The van der Waals surface area contributed by atoms with Crippen LogP contribution in [-0.4, -0.2) is 23.8 Å². The van der Waals surface area contributed by atoms with Crippen LogP contribution in [-0.2, 0) is 16.0 Å². The monoisotopic (exact) mass is 236 g/mol. The molecule has 0 amide bonds. The minimum Gasteiger partial charge on any atom is -0.508 e. The lowest BCUT2D eigenvalue weighted by Gasteiger charge is -2.29. The molecule has 0 spiro atoms. The predicted molar refractivity (Wildman–Crippen MR) is 62.0 cm³/mol. The summed E-state index contributed by atoms with van der Waals surface area (Å²) in [6.07, 6.45) is 0.432. The van der Waals surface area contributed by atoms with E-state index in [0.717, 1.165) is 5.56 Å². The van der Waals surface area contributed by atoms with E-state index in [1.165, 1.54) is 7.11 Å². The Balaban J connectivity index is 2.40. The van der Waals surface area contributed by atoms with E-state index in [1.54, 1.807) is 18.2 Å². The second kappa shape index (κ2) is 3.95. The average Bonchev–Trinajstić information content (AvgIpc) is 2.67. The molecule has 0 saturated carbocycles. The standard InChI is InChI=1S/C13H16O4/c1-8(2)13(12(15)16-3)7-9-6-10(14)4-5-11(9)17-13/h4-6,8,14H,7H2,1-3H3. The maximum Gasteiger partial charge on any atom is 0.350 e. The number of rotatable bonds is 2. The summed E-state index contributed by atoms with van der Waals surface area (Å²) >= 11 is 0. The highest BCUT2D eigenvalue weighted by molar-refractivity contribution is 5.82. The van der Waals surface area contributed by atoms with Gasteiger partial charge in [-0.15, -0.1) is 0 Å². The van der Waals surface area contributed by atoms with Crippen molar-refractivity contribution in [1.29, 1.82) is 0 Å². The van der Waals surface area contributed by atoms with Crippen LogP contribution in [0.5, 0.6) is 11.5 Å². The number of fused-ring (bicyclic) bond motifs is 1. The molecule has 0 bridgehead atoms. The van der Waals surface area contributed by atoms with Crippen LogP contribution in [0.1, 0.15) is 19.4 Å². The molecule has 0 fully saturated rings. The van der Waals surface area contributed by atoms with Gasteiger partial charge in [0.1, 0.15) is 11.5 Å². The van der Waals surface area contributed by atoms with Crippen molar-refractivity contribution in [2.24, 2.45) is 5.92 Å². The lowest BCUT2D eigenvalue weighted by atomic mass is 9.86. The number of carbonyl (C=O) groups is 1. The van der Waals surface area contributed by atoms with Gasteiger partial charge in [0.05, 0.1) is 7.11 Å². The molecular weight excluding hydrogens is 220 g/mol. The highest BCUT2D eigenvalue weighted by Gasteiger charge is 2.50. The number of esters is 1. The lowest BCUT2D eigenvalue weighted by Crippen LogP contribution is -2.49. The second-order valence-corrected chi connectivity index (χ2v) is 4.61. The van der Waals surface area contributed by atoms with Gasteiger partial charge < -0.3 is 14.6 Å². The van der Waals surface area contributed by atoms with Crippen LogP contribution in [0.4, 0.5) is 0 Å². The molecule has 4 heteroatoms. The predicted octanol–water partition coefficient (Wildman–Crippen LogP) is 1.89. The smallest absolute Gasteiger partial charge is 0.350 e. The molecule has 1 heterocycles. The highest BCUT2D eigenvalue weighted by atomic mass is 16.6. The largest absolute Gasteiger partial charge is 0.508 e. The summed E-state index contributed by atoms with van der Waals surface area (Å²) in [6.45, 7) is 3.84. The van der Waals surface area contributed by atoms with Crippen molar-refractivity contribution in [2.45, 2.75) is 25.9 Å². The minimum absolute atomic E-state index is 0.00973. The molecule has 1 aromatic carbocycles. The topological polar surface area (TPSA) is 55.8 Å². The maximum atomic E-state index is 11.9. The first-order chi connectivity index (χ1) is 7.99. The van der Waals surface area contributed by atoms with Crippen LogP contribution < -0.4 is 4.74 Å². The van der Waals surface area contributed by atoms with Gasteiger partial charge in [-0.2, -0.15) is 0 Å². The number of carbonyl (C=O) groups excluding carboxylic acids is 1. The zero-order chi connectivity index (χ0) is 12.6. The van der Waals surface area contributed by atoms with Gasteiger partial charge in [-0.05, 0) is 18.2 Å². The van der Waals surface area contributed by atoms with E-state index in [2.05, 4.69) is 0 Å². The fourth-order valence-electron chi connectivity index (χ4n) is 2.16. The molecule has 0 radical (unpaired) electrons. The van der Waals surface area contributed by atoms with Crippen molar-refractivity contribution < 1.29 is 19.4 Å². The lowest BCUT2D eigenvalue weighted by molar-refractivity contribution is -0.161. The van der Waals surface area contributed by atoms with E-state index < -0.39 is 5.60 Å². The molecule has 92 valence electrons. The van der Waals surface area contributed by atoms with Gasteiger partial charge >= 0.3 is 5.97 Å². The molecule has 2 rings (SSSR count). The van der Waals surface area contributed by atoms with Gasteiger partial charge in [0.25, 0.3) is 0 Å². The van der Waals surface area contributed by atoms with Gasteiger partial charge in [0.2, 0.25) is 5.60 Å². The summed E-state index contributed by atoms with van der Waals surface area (Å²) in [4.78, 5) is 11.9. The van der Waals surface area contributed by atoms with Gasteiger partial charge in [-0.3, -0.25) is 0 Å². The van der Waals surface area contributed by atoms with Crippen LogP contribution in [0.3, 0.4) is 0 Å². The van der Waals surface area contributed by atoms with Crippen LogP contribution in [0, 0.1) is 5.92 Å². The number of aromatic hydroxyl groups is 1. The van der Waals surface area contributed by atoms with E-state index in [-0.39, 0.29) is 17.6 Å². The third kappa shape index (κ3) is 1.73. The van der Waals surface area contributed by atoms with Gasteiger partial charge in [-0.25, -0.2) is 4.79 Å². The Morgan fingerprint density at radius 2 is 2.24 bits per heavy atom. The zero-order valence-corrected chi connectivity index (χ0v) is 10.2. The number of phenolic OH excluding ortho intramolecular Hbond substituents is 1. The number of hydrogen-bond donors (Lipinski definition) is 1. The molecule has 1 aliphatic rings. The average molecular weight is 236 g/mol. The molecule has 1 aromatic rings. The first-order valence-corrected chi connectivity index (χ1v) is 5.59. The molecule has 0 saturated heterocycles. The minimum atomic E-state index is -0.967. The molecular formula is C13H16O4. The van der Waals surface area contributed by atoms with Crippen LogP contribution in [0.2, 0.25) is 0 Å². The van der Waals surface area contributed by atoms with Gasteiger partial charge in [0, 0.05) is 17.9 Å². The molecule has 1 atom stereocenters. The van der Waals surface area contributed by atoms with Crippen LogP contribution in [0.15, 0.2) is 18.2 Å². The Morgan fingerprint density at radius 3 is 2.82 bits per heavy atom. The Hall–Kier alpha value is -1.71. The SMILES string of the molecule is COC(=O)C1(C(C)C)Cc2cc(O)ccc2O1. The molecule has 0 aliphatic carbocycles. The second-order valence-electron chi connectivity index (χ2n) is 4.61. The third-order valence-electron chi connectivity index (χ3n) is 3.25. The first kappa shape index (κ1) is 11.8. The molecule has 1 aliphatic heterocycles. The summed E-state index contributed by atoms with van der Waals surface area (Å²) in [7, 11) is 1.36. The fraction of sp³-hybridized carbons (Fsp3) is 0.462. The van der Waals surface area contributed by atoms with Crippen molar-refractivity contribution in [1.82, 2.24) is 0 Å². The number of methoxy groups -OCH3 is 1. The van der Waals surface area contributed by atoms with Crippen molar-refractivity contribution in [3.8, 4) is 11.5 Å². The first-order valence-electron chi connectivity index (χ1n) is 5.59. The van der Waals surface area contributed by atoms with E-state index in [0.29, 0.717) is 12.2 Å². The molecule has 0 aromatic heterocycles. The van der Waals surface area contributed by atoms with Gasteiger partial charge in [0.15, 0.2) is 0 Å². The van der Waals surface area contributed by atoms with E-state index in [1.807, 2.05) is 13.8 Å². The maximum absolute atomic E-state index is 11.9. The van der Waals surface area contributed by atoms with Crippen LogP contribution in [0.25, 0.3) is 0 Å². The molecule has 1 N–H and O–H groups in total. The Kier molecular flexibility index (Phi) is 2.73. The Bertz CT molecular complexity index is 453. The Labute approximate surface area is 100 Å². The quantitative estimate of drug-likeness (QED) is 0.797. The third-order valence-corrected chi connectivity index (χ3v) is 3.25. The van der Waals surface area contributed by atoms with E-state index >= 15 is 0 Å².